The second-order valence-electron chi connectivity index (χ2n) is 5.43. The summed E-state index contributed by atoms with van der Waals surface area (Å²) in [6.45, 7) is 7.97. The Hall–Kier alpha value is -1.10. The van der Waals surface area contributed by atoms with Crippen LogP contribution in [0.4, 0.5) is 0 Å². The highest BCUT2D eigenvalue weighted by atomic mass is 16.4. The molecule has 5 nitrogen and oxygen atoms in total. The summed E-state index contributed by atoms with van der Waals surface area (Å²) in [6.07, 6.45) is 2.82. The van der Waals surface area contributed by atoms with E-state index in [1.165, 1.54) is 0 Å². The van der Waals surface area contributed by atoms with Gasteiger partial charge in [-0.05, 0) is 32.4 Å². The van der Waals surface area contributed by atoms with Crippen LogP contribution in [0.25, 0.3) is 0 Å². The Labute approximate surface area is 115 Å². The zero-order valence-corrected chi connectivity index (χ0v) is 12.2. The first kappa shape index (κ1) is 16.0. The monoisotopic (exact) mass is 270 g/mol. The van der Waals surface area contributed by atoms with E-state index >= 15 is 0 Å². The van der Waals surface area contributed by atoms with Gasteiger partial charge in [-0.3, -0.25) is 9.59 Å². The van der Waals surface area contributed by atoms with Crippen LogP contribution in [0.1, 0.15) is 40.0 Å². The fourth-order valence-corrected chi connectivity index (χ4v) is 2.52. The maximum atomic E-state index is 12.5. The molecule has 2 atom stereocenters. The van der Waals surface area contributed by atoms with Gasteiger partial charge in [0, 0.05) is 18.5 Å². The first-order valence-corrected chi connectivity index (χ1v) is 7.23. The predicted octanol–water partition coefficient (Wildman–Crippen LogP) is 1.33. The number of aliphatic carboxylic acids is 1. The maximum absolute atomic E-state index is 12.5. The van der Waals surface area contributed by atoms with Crippen LogP contribution in [0.15, 0.2) is 0 Å². The Morgan fingerprint density at radius 3 is 2.32 bits per heavy atom. The molecule has 2 N–H and O–H groups in total. The Balaban J connectivity index is 2.73. The number of hydrogen-bond acceptors (Lipinski definition) is 3. The lowest BCUT2D eigenvalue weighted by atomic mass is 9.93. The molecule has 1 aliphatic heterocycles. The lowest BCUT2D eigenvalue weighted by molar-refractivity contribution is -0.150. The van der Waals surface area contributed by atoms with Crippen LogP contribution in [-0.2, 0) is 9.59 Å². The van der Waals surface area contributed by atoms with Gasteiger partial charge >= 0.3 is 5.97 Å². The number of amides is 1. The van der Waals surface area contributed by atoms with Crippen molar-refractivity contribution in [2.75, 3.05) is 19.6 Å². The number of nitrogens with one attached hydrogen (secondary N) is 1. The highest BCUT2D eigenvalue weighted by Crippen LogP contribution is 2.20. The van der Waals surface area contributed by atoms with Gasteiger partial charge in [-0.1, -0.05) is 20.8 Å². The van der Waals surface area contributed by atoms with E-state index in [0.29, 0.717) is 0 Å². The molecule has 2 unspecified atom stereocenters. The molecule has 1 heterocycles. The van der Waals surface area contributed by atoms with Crippen molar-refractivity contribution in [1.29, 1.82) is 0 Å². The van der Waals surface area contributed by atoms with E-state index in [0.717, 1.165) is 38.9 Å². The molecule has 0 bridgehead atoms. The predicted molar refractivity (Wildman–Crippen MR) is 73.9 cm³/mol. The van der Waals surface area contributed by atoms with Crippen molar-refractivity contribution in [1.82, 2.24) is 10.2 Å². The van der Waals surface area contributed by atoms with Crippen molar-refractivity contribution in [2.24, 2.45) is 11.8 Å². The van der Waals surface area contributed by atoms with Crippen LogP contribution < -0.4 is 5.32 Å². The number of rotatable bonds is 6. The minimum Gasteiger partial charge on any atom is -0.481 e. The van der Waals surface area contributed by atoms with Crippen molar-refractivity contribution < 1.29 is 14.7 Å². The molecule has 1 fully saturated rings. The second-order valence-corrected chi connectivity index (χ2v) is 5.43. The zero-order valence-electron chi connectivity index (χ0n) is 12.2. The summed E-state index contributed by atoms with van der Waals surface area (Å²) in [4.78, 5) is 25.4. The van der Waals surface area contributed by atoms with Gasteiger partial charge in [0.2, 0.25) is 5.91 Å². The molecule has 0 aromatic carbocycles. The molecular weight excluding hydrogens is 244 g/mol. The molecule has 1 saturated heterocycles. The lowest BCUT2D eigenvalue weighted by Crippen LogP contribution is -2.49. The van der Waals surface area contributed by atoms with Gasteiger partial charge in [0.15, 0.2) is 0 Å². The minimum absolute atomic E-state index is 0.0105. The number of carbonyl (C=O) groups excluding carboxylic acids is 1. The summed E-state index contributed by atoms with van der Waals surface area (Å²) in [5.41, 5.74) is 0. The Morgan fingerprint density at radius 2 is 1.84 bits per heavy atom. The Bertz CT molecular complexity index is 314. The van der Waals surface area contributed by atoms with Crippen LogP contribution in [0, 0.1) is 11.8 Å². The number of piperidine rings is 1. The third-order valence-corrected chi connectivity index (χ3v) is 4.03. The Morgan fingerprint density at radius 1 is 1.26 bits per heavy atom. The van der Waals surface area contributed by atoms with E-state index in [1.54, 1.807) is 13.8 Å². The molecule has 0 spiro atoms. The molecular formula is C14H26N2O3. The smallest absolute Gasteiger partial charge is 0.307 e. The van der Waals surface area contributed by atoms with E-state index in [1.807, 2.05) is 11.8 Å². The van der Waals surface area contributed by atoms with Gasteiger partial charge in [-0.15, -0.1) is 0 Å². The van der Waals surface area contributed by atoms with E-state index < -0.39 is 17.8 Å². The van der Waals surface area contributed by atoms with E-state index in [4.69, 9.17) is 5.11 Å². The van der Waals surface area contributed by atoms with Crippen molar-refractivity contribution in [2.45, 2.75) is 46.1 Å². The summed E-state index contributed by atoms with van der Waals surface area (Å²) >= 11 is 0. The quantitative estimate of drug-likeness (QED) is 0.764. The molecule has 0 saturated carbocycles. The molecule has 0 aromatic rings. The molecule has 1 amide bonds. The molecule has 1 aliphatic rings. The number of carboxylic acids is 1. The number of nitrogens with zero attached hydrogens (tertiary/aromatic N) is 1. The lowest BCUT2D eigenvalue weighted by Gasteiger charge is -2.36. The molecule has 19 heavy (non-hydrogen) atoms. The summed E-state index contributed by atoms with van der Waals surface area (Å²) in [5, 5.41) is 12.3. The fourth-order valence-electron chi connectivity index (χ4n) is 2.52. The SMILES string of the molecule is CCCN(C(=O)C(C)C(C)C(=O)O)C1CCNCC1. The van der Waals surface area contributed by atoms with Gasteiger partial charge in [0.1, 0.15) is 0 Å². The molecule has 0 radical (unpaired) electrons. The van der Waals surface area contributed by atoms with Gasteiger partial charge in [0.05, 0.1) is 5.92 Å². The van der Waals surface area contributed by atoms with E-state index in [9.17, 15) is 9.59 Å². The summed E-state index contributed by atoms with van der Waals surface area (Å²) in [6, 6.07) is 0.261. The van der Waals surface area contributed by atoms with Crippen LogP contribution >= 0.6 is 0 Å². The maximum Gasteiger partial charge on any atom is 0.307 e. The van der Waals surface area contributed by atoms with Crippen molar-refractivity contribution in [3.63, 3.8) is 0 Å². The third-order valence-electron chi connectivity index (χ3n) is 4.03. The van der Waals surface area contributed by atoms with E-state index in [-0.39, 0.29) is 11.9 Å². The van der Waals surface area contributed by atoms with Crippen LogP contribution in [0.3, 0.4) is 0 Å². The Kier molecular flexibility index (Phi) is 6.28. The average Bonchev–Trinajstić information content (AvgIpc) is 2.43. The first-order chi connectivity index (χ1) is 8.99. The third kappa shape index (κ3) is 4.20. The van der Waals surface area contributed by atoms with Gasteiger partial charge in [-0.25, -0.2) is 0 Å². The molecule has 0 aliphatic carbocycles. The topological polar surface area (TPSA) is 69.6 Å². The first-order valence-electron chi connectivity index (χ1n) is 7.23. The second kappa shape index (κ2) is 7.48. The largest absolute Gasteiger partial charge is 0.481 e. The zero-order chi connectivity index (χ0) is 14.4. The molecule has 1 rings (SSSR count). The van der Waals surface area contributed by atoms with Crippen LogP contribution in [-0.4, -0.2) is 47.6 Å². The van der Waals surface area contributed by atoms with Gasteiger partial charge in [-0.2, -0.15) is 0 Å². The van der Waals surface area contributed by atoms with Gasteiger partial charge in [0.25, 0.3) is 0 Å². The summed E-state index contributed by atoms with van der Waals surface area (Å²) < 4.78 is 0. The van der Waals surface area contributed by atoms with Gasteiger partial charge < -0.3 is 15.3 Å². The normalized spacial score (nSPS) is 19.7. The van der Waals surface area contributed by atoms with E-state index in [2.05, 4.69) is 5.32 Å². The van der Waals surface area contributed by atoms with Crippen molar-refractivity contribution >= 4 is 11.9 Å². The highest BCUT2D eigenvalue weighted by Gasteiger charge is 2.32. The summed E-state index contributed by atoms with van der Waals surface area (Å²) in [7, 11) is 0. The minimum atomic E-state index is -0.900. The van der Waals surface area contributed by atoms with Crippen molar-refractivity contribution in [3.05, 3.63) is 0 Å². The highest BCUT2D eigenvalue weighted by molar-refractivity contribution is 5.84. The molecule has 110 valence electrons. The number of carboxylic acid groups (broad SMARTS) is 1. The average molecular weight is 270 g/mol. The van der Waals surface area contributed by atoms with Crippen molar-refractivity contribution in [3.8, 4) is 0 Å². The molecule has 5 heteroatoms. The summed E-state index contributed by atoms with van der Waals surface area (Å²) in [5.74, 6) is -2.00. The van der Waals surface area contributed by atoms with Crippen LogP contribution in [0.2, 0.25) is 0 Å². The van der Waals surface area contributed by atoms with Crippen LogP contribution in [0.5, 0.6) is 0 Å². The number of hydrogen-bond donors (Lipinski definition) is 2. The fraction of sp³-hybridized carbons (Fsp3) is 0.857. The molecule has 0 aromatic heterocycles. The number of carbonyl (C=O) groups is 2. The standard InChI is InChI=1S/C14H26N2O3/c1-4-9-16(12-5-7-15-8-6-12)13(17)10(2)11(3)14(18)19/h10-12,15H,4-9H2,1-3H3,(H,18,19).